The van der Waals surface area contributed by atoms with Crippen LogP contribution in [0.1, 0.15) is 18.1 Å². The minimum absolute atomic E-state index is 0.0418. The molecule has 35 heavy (non-hydrogen) atoms. The Labute approximate surface area is 207 Å². The van der Waals surface area contributed by atoms with Gasteiger partial charge in [0.05, 0.1) is 0 Å². The molecule has 1 saturated heterocycles. The Morgan fingerprint density at radius 1 is 1.00 bits per heavy atom. The minimum atomic E-state index is -0.570. The standard InChI is InChI=1S/C26H27N5O3S/c1-17-6-4-8-20(14-17)24-28-31-23(32)16-22(27-26(31)35-24)29-10-12-30(13-11-29)25(33)19(3)34-21-9-5-7-18(2)15-21/h4-9,14-16,19H,10-13H2,1-3H3/t19-/m1/s1. The highest BCUT2D eigenvalue weighted by Gasteiger charge is 2.27. The number of aryl methyl sites for hydroxylation is 2. The zero-order chi connectivity index (χ0) is 24.5. The number of nitrogens with zero attached hydrogens (tertiary/aromatic N) is 5. The zero-order valence-electron chi connectivity index (χ0n) is 20.0. The summed E-state index contributed by atoms with van der Waals surface area (Å²) >= 11 is 1.40. The summed E-state index contributed by atoms with van der Waals surface area (Å²) in [7, 11) is 0. The number of ether oxygens (including phenoxy) is 1. The number of hydrogen-bond donors (Lipinski definition) is 0. The molecular weight excluding hydrogens is 462 g/mol. The van der Waals surface area contributed by atoms with Crippen LogP contribution in [0, 0.1) is 13.8 Å². The number of amides is 1. The fraction of sp³-hybridized carbons (Fsp3) is 0.308. The first-order valence-corrected chi connectivity index (χ1v) is 12.4. The highest BCUT2D eigenvalue weighted by molar-refractivity contribution is 7.19. The molecule has 1 aliphatic rings. The predicted molar refractivity (Wildman–Crippen MR) is 137 cm³/mol. The smallest absolute Gasteiger partial charge is 0.277 e. The van der Waals surface area contributed by atoms with Crippen molar-refractivity contribution in [3.8, 4) is 16.3 Å². The van der Waals surface area contributed by atoms with Crippen LogP contribution in [0.5, 0.6) is 5.75 Å². The van der Waals surface area contributed by atoms with E-state index in [0.29, 0.717) is 42.7 Å². The number of fused-ring (bicyclic) bond motifs is 1. The van der Waals surface area contributed by atoms with E-state index in [2.05, 4.69) is 5.10 Å². The van der Waals surface area contributed by atoms with E-state index in [9.17, 15) is 9.59 Å². The number of hydrogen-bond acceptors (Lipinski definition) is 7. The summed E-state index contributed by atoms with van der Waals surface area (Å²) in [5, 5.41) is 5.24. The van der Waals surface area contributed by atoms with Gasteiger partial charge in [-0.15, -0.1) is 0 Å². The third kappa shape index (κ3) is 4.90. The molecular formula is C26H27N5O3S. The molecule has 1 aliphatic heterocycles. The number of piperazine rings is 1. The first-order valence-electron chi connectivity index (χ1n) is 11.6. The maximum atomic E-state index is 12.9. The molecule has 0 aliphatic carbocycles. The van der Waals surface area contributed by atoms with Gasteiger partial charge in [0.15, 0.2) is 6.10 Å². The maximum Gasteiger partial charge on any atom is 0.277 e. The number of aromatic nitrogens is 3. The molecule has 1 fully saturated rings. The number of anilines is 1. The third-order valence-corrected chi connectivity index (χ3v) is 7.02. The van der Waals surface area contributed by atoms with Crippen LogP contribution in [0.3, 0.4) is 0 Å². The summed E-state index contributed by atoms with van der Waals surface area (Å²) in [4.78, 5) is 34.8. The van der Waals surface area contributed by atoms with Crippen LogP contribution in [0.25, 0.3) is 15.5 Å². The van der Waals surface area contributed by atoms with Gasteiger partial charge >= 0.3 is 0 Å². The van der Waals surface area contributed by atoms with Crippen LogP contribution in [-0.4, -0.2) is 57.7 Å². The van der Waals surface area contributed by atoms with Gasteiger partial charge in [-0.25, -0.2) is 4.98 Å². The van der Waals surface area contributed by atoms with Crippen molar-refractivity contribution in [3.63, 3.8) is 0 Å². The third-order valence-electron chi connectivity index (χ3n) is 6.06. The SMILES string of the molecule is Cc1cccc(O[C@H](C)C(=O)N2CCN(c3cc(=O)n4nc(-c5cccc(C)c5)sc4n3)CC2)c1. The lowest BCUT2D eigenvalue weighted by atomic mass is 10.1. The summed E-state index contributed by atoms with van der Waals surface area (Å²) in [6, 6.07) is 17.2. The van der Waals surface area contributed by atoms with E-state index in [4.69, 9.17) is 9.72 Å². The zero-order valence-corrected chi connectivity index (χ0v) is 20.8. The Hall–Kier alpha value is -3.72. The molecule has 5 rings (SSSR count). The largest absolute Gasteiger partial charge is 0.481 e. The second-order valence-electron chi connectivity index (χ2n) is 8.81. The normalized spacial score (nSPS) is 14.8. The first-order chi connectivity index (χ1) is 16.9. The number of benzene rings is 2. The van der Waals surface area contributed by atoms with Gasteiger partial charge in [0.25, 0.3) is 11.5 Å². The van der Waals surface area contributed by atoms with Crippen LogP contribution < -0.4 is 15.2 Å². The highest BCUT2D eigenvalue weighted by Crippen LogP contribution is 2.26. The fourth-order valence-electron chi connectivity index (χ4n) is 4.21. The van der Waals surface area contributed by atoms with Gasteiger partial charge < -0.3 is 14.5 Å². The molecule has 9 heteroatoms. The molecule has 1 atom stereocenters. The van der Waals surface area contributed by atoms with Crippen LogP contribution in [-0.2, 0) is 4.79 Å². The lowest BCUT2D eigenvalue weighted by molar-refractivity contribution is -0.138. The van der Waals surface area contributed by atoms with Crippen LogP contribution in [0.15, 0.2) is 59.4 Å². The van der Waals surface area contributed by atoms with Gasteiger partial charge in [0.2, 0.25) is 4.96 Å². The summed E-state index contributed by atoms with van der Waals surface area (Å²) in [6.45, 7) is 8.06. The maximum absolute atomic E-state index is 12.9. The number of carbonyl (C=O) groups is 1. The molecule has 2 aromatic carbocycles. The molecule has 1 amide bonds. The second kappa shape index (κ2) is 9.50. The summed E-state index contributed by atoms with van der Waals surface area (Å²) in [6.07, 6.45) is -0.570. The van der Waals surface area contributed by atoms with E-state index < -0.39 is 6.10 Å². The van der Waals surface area contributed by atoms with Crippen molar-refractivity contribution in [1.82, 2.24) is 19.5 Å². The average Bonchev–Trinajstić information content (AvgIpc) is 3.29. The summed E-state index contributed by atoms with van der Waals surface area (Å²) < 4.78 is 7.22. The van der Waals surface area contributed by atoms with Crippen molar-refractivity contribution < 1.29 is 9.53 Å². The molecule has 0 spiro atoms. The van der Waals surface area contributed by atoms with E-state index in [-0.39, 0.29) is 11.5 Å². The predicted octanol–water partition coefficient (Wildman–Crippen LogP) is 3.55. The Balaban J connectivity index is 1.27. The molecule has 0 N–H and O–H groups in total. The van der Waals surface area contributed by atoms with Gasteiger partial charge in [-0.1, -0.05) is 47.2 Å². The molecule has 0 unspecified atom stereocenters. The molecule has 4 aromatic rings. The highest BCUT2D eigenvalue weighted by atomic mass is 32.1. The van der Waals surface area contributed by atoms with Crippen molar-refractivity contribution in [1.29, 1.82) is 0 Å². The second-order valence-corrected chi connectivity index (χ2v) is 9.77. The quantitative estimate of drug-likeness (QED) is 0.427. The average molecular weight is 490 g/mol. The molecule has 180 valence electrons. The fourth-order valence-corrected chi connectivity index (χ4v) is 5.11. The van der Waals surface area contributed by atoms with E-state index in [1.165, 1.54) is 21.9 Å². The van der Waals surface area contributed by atoms with Gasteiger partial charge in [0.1, 0.15) is 16.6 Å². The lowest BCUT2D eigenvalue weighted by Crippen LogP contribution is -2.52. The molecule has 0 saturated carbocycles. The van der Waals surface area contributed by atoms with Gasteiger partial charge in [-0.3, -0.25) is 9.59 Å². The summed E-state index contributed by atoms with van der Waals surface area (Å²) in [5.41, 5.74) is 2.98. The monoisotopic (exact) mass is 489 g/mol. The van der Waals surface area contributed by atoms with Crippen LogP contribution in [0.2, 0.25) is 0 Å². The molecule has 3 heterocycles. The van der Waals surface area contributed by atoms with E-state index in [0.717, 1.165) is 21.7 Å². The van der Waals surface area contributed by atoms with Crippen molar-refractivity contribution in [2.45, 2.75) is 26.9 Å². The Morgan fingerprint density at radius 2 is 1.71 bits per heavy atom. The van der Waals surface area contributed by atoms with Crippen LogP contribution >= 0.6 is 11.3 Å². The van der Waals surface area contributed by atoms with Gasteiger partial charge in [0, 0.05) is 37.8 Å². The van der Waals surface area contributed by atoms with Gasteiger partial charge in [-0.05, 0) is 44.5 Å². The Bertz CT molecular complexity index is 1440. The number of rotatable bonds is 5. The molecule has 8 nitrogen and oxygen atoms in total. The topological polar surface area (TPSA) is 80.0 Å². The van der Waals surface area contributed by atoms with Crippen molar-refractivity contribution in [2.75, 3.05) is 31.1 Å². The first kappa shape index (κ1) is 23.0. The summed E-state index contributed by atoms with van der Waals surface area (Å²) in [5.74, 6) is 1.27. The Morgan fingerprint density at radius 3 is 2.43 bits per heavy atom. The van der Waals surface area contributed by atoms with E-state index in [1.807, 2.05) is 72.2 Å². The van der Waals surface area contributed by atoms with E-state index in [1.54, 1.807) is 6.92 Å². The molecule has 0 radical (unpaired) electrons. The van der Waals surface area contributed by atoms with Crippen LogP contribution in [0.4, 0.5) is 5.82 Å². The minimum Gasteiger partial charge on any atom is -0.481 e. The van der Waals surface area contributed by atoms with Gasteiger partial charge in [-0.2, -0.15) is 9.61 Å². The lowest BCUT2D eigenvalue weighted by Gasteiger charge is -2.36. The van der Waals surface area contributed by atoms with Crippen molar-refractivity contribution in [3.05, 3.63) is 76.1 Å². The van der Waals surface area contributed by atoms with E-state index >= 15 is 0 Å². The van der Waals surface area contributed by atoms with Crippen molar-refractivity contribution >= 4 is 28.0 Å². The number of carbonyl (C=O) groups excluding carboxylic acids is 1. The van der Waals surface area contributed by atoms with Crippen molar-refractivity contribution in [2.24, 2.45) is 0 Å². The molecule has 0 bridgehead atoms. The molecule has 2 aromatic heterocycles. The Kier molecular flexibility index (Phi) is 6.25.